The summed E-state index contributed by atoms with van der Waals surface area (Å²) in [6, 6.07) is 13.2. The van der Waals surface area contributed by atoms with Crippen molar-refractivity contribution in [2.24, 2.45) is 5.41 Å². The van der Waals surface area contributed by atoms with Gasteiger partial charge in [-0.25, -0.2) is 4.79 Å². The number of hydrogen-bond acceptors (Lipinski definition) is 6. The first-order chi connectivity index (χ1) is 13.3. The Kier molecular flexibility index (Phi) is 6.85. The van der Waals surface area contributed by atoms with Crippen LogP contribution in [0.1, 0.15) is 37.5 Å². The van der Waals surface area contributed by atoms with Crippen LogP contribution in [-0.4, -0.2) is 30.0 Å². The molecule has 0 aliphatic rings. The number of ether oxygens (including phenoxy) is 2. The fraction of sp³-hybridized carbons (Fsp3) is 0.333. The third kappa shape index (κ3) is 5.15. The second-order valence-corrected chi connectivity index (χ2v) is 6.99. The van der Waals surface area contributed by atoms with Gasteiger partial charge in [0.2, 0.25) is 0 Å². The molecule has 2 aromatic rings. The number of phenols is 1. The zero-order valence-corrected chi connectivity index (χ0v) is 16.1. The van der Waals surface area contributed by atoms with Crippen molar-refractivity contribution in [1.29, 1.82) is 5.26 Å². The molecule has 148 valence electrons. The summed E-state index contributed by atoms with van der Waals surface area (Å²) in [7, 11) is 1.45. The maximum atomic E-state index is 12.5. The van der Waals surface area contributed by atoms with Crippen LogP contribution in [0.15, 0.2) is 42.5 Å². The van der Waals surface area contributed by atoms with E-state index in [1.165, 1.54) is 13.2 Å². The molecule has 0 radical (unpaired) electrons. The number of aromatic hydroxyl groups is 1. The topological polar surface area (TPSA) is 112 Å². The number of benzene rings is 2. The third-order valence-corrected chi connectivity index (χ3v) is 4.46. The van der Waals surface area contributed by atoms with Gasteiger partial charge in [-0.3, -0.25) is 5.32 Å². The Morgan fingerprint density at radius 2 is 1.93 bits per heavy atom. The van der Waals surface area contributed by atoms with Crippen molar-refractivity contribution in [3.8, 4) is 17.6 Å². The van der Waals surface area contributed by atoms with Crippen LogP contribution in [0, 0.1) is 16.7 Å². The third-order valence-electron chi connectivity index (χ3n) is 4.46. The minimum absolute atomic E-state index is 0.0686. The summed E-state index contributed by atoms with van der Waals surface area (Å²) in [5.74, 6) is 0.241. The Labute approximate surface area is 164 Å². The van der Waals surface area contributed by atoms with Gasteiger partial charge in [-0.2, -0.15) is 5.26 Å². The van der Waals surface area contributed by atoms with Crippen LogP contribution < -0.4 is 10.1 Å². The molecule has 7 nitrogen and oxygen atoms in total. The lowest BCUT2D eigenvalue weighted by atomic mass is 9.80. The Morgan fingerprint density at radius 1 is 1.25 bits per heavy atom. The Balaban J connectivity index is 2.25. The Morgan fingerprint density at radius 3 is 2.46 bits per heavy atom. The summed E-state index contributed by atoms with van der Waals surface area (Å²) >= 11 is 0. The van der Waals surface area contributed by atoms with E-state index in [4.69, 9.17) is 14.7 Å². The first kappa shape index (κ1) is 21.1. The number of carbonyl (C=O) groups is 1. The van der Waals surface area contributed by atoms with Crippen molar-refractivity contribution in [1.82, 2.24) is 0 Å². The first-order valence-electron chi connectivity index (χ1n) is 8.76. The van der Waals surface area contributed by atoms with Gasteiger partial charge in [-0.05, 0) is 48.4 Å². The van der Waals surface area contributed by atoms with Gasteiger partial charge < -0.3 is 19.7 Å². The molecule has 0 fully saturated rings. The molecule has 0 aliphatic heterocycles. The van der Waals surface area contributed by atoms with Gasteiger partial charge in [-0.1, -0.05) is 19.9 Å². The molecule has 3 N–H and O–H groups in total. The van der Waals surface area contributed by atoms with Crippen molar-refractivity contribution in [3.05, 3.63) is 53.6 Å². The number of nitrogens with one attached hydrogen (secondary N) is 1. The lowest BCUT2D eigenvalue weighted by molar-refractivity contribution is 0.0151. The standard InChI is InChI=1S/C21H24N2O5/c1-21(2,10-11-24)19(15-6-9-18(27-3)17(25)12-15)28-20(26)23-16-7-4-14(13-22)5-8-16/h4-9,12,19,24-25H,10-11H2,1-3H3,(H,23,26)/t19-/m1/s1. The normalized spacial score (nSPS) is 12.0. The second kappa shape index (κ2) is 9.11. The molecule has 0 spiro atoms. The van der Waals surface area contributed by atoms with Crippen LogP contribution in [0.25, 0.3) is 0 Å². The molecule has 0 saturated carbocycles. The van der Waals surface area contributed by atoms with Gasteiger partial charge in [-0.15, -0.1) is 0 Å². The molecule has 0 saturated heterocycles. The van der Waals surface area contributed by atoms with E-state index in [9.17, 15) is 15.0 Å². The van der Waals surface area contributed by atoms with E-state index in [2.05, 4.69) is 5.32 Å². The maximum absolute atomic E-state index is 12.5. The summed E-state index contributed by atoms with van der Waals surface area (Å²) < 4.78 is 10.7. The SMILES string of the molecule is COc1ccc([C@@H](OC(=O)Nc2ccc(C#N)cc2)C(C)(C)CCO)cc1O. The molecular formula is C21H24N2O5. The number of nitrogens with zero attached hydrogens (tertiary/aromatic N) is 1. The molecule has 2 rings (SSSR count). The molecule has 1 atom stereocenters. The minimum atomic E-state index is -0.727. The van der Waals surface area contributed by atoms with Gasteiger partial charge in [0.1, 0.15) is 6.10 Å². The van der Waals surface area contributed by atoms with Crippen molar-refractivity contribution >= 4 is 11.8 Å². The molecule has 0 unspecified atom stereocenters. The van der Waals surface area contributed by atoms with Crippen molar-refractivity contribution in [2.45, 2.75) is 26.4 Å². The zero-order valence-electron chi connectivity index (χ0n) is 16.1. The number of methoxy groups -OCH3 is 1. The highest BCUT2D eigenvalue weighted by molar-refractivity contribution is 5.84. The molecule has 1 amide bonds. The summed E-state index contributed by atoms with van der Waals surface area (Å²) in [6.45, 7) is 3.65. The molecule has 0 aliphatic carbocycles. The van der Waals surface area contributed by atoms with Gasteiger partial charge in [0.25, 0.3) is 0 Å². The number of aliphatic hydroxyl groups excluding tert-OH is 1. The number of aliphatic hydroxyl groups is 1. The second-order valence-electron chi connectivity index (χ2n) is 6.99. The quantitative estimate of drug-likeness (QED) is 0.666. The largest absolute Gasteiger partial charge is 0.504 e. The maximum Gasteiger partial charge on any atom is 0.412 e. The van der Waals surface area contributed by atoms with Crippen LogP contribution in [0.5, 0.6) is 11.5 Å². The van der Waals surface area contributed by atoms with Gasteiger partial charge >= 0.3 is 6.09 Å². The molecule has 0 bridgehead atoms. The summed E-state index contributed by atoms with van der Waals surface area (Å²) in [6.07, 6.45) is -1.03. The fourth-order valence-electron chi connectivity index (χ4n) is 2.85. The van der Waals surface area contributed by atoms with E-state index in [0.717, 1.165) is 0 Å². The van der Waals surface area contributed by atoms with E-state index >= 15 is 0 Å². The highest BCUT2D eigenvalue weighted by Crippen LogP contribution is 2.41. The highest BCUT2D eigenvalue weighted by atomic mass is 16.6. The van der Waals surface area contributed by atoms with Crippen molar-refractivity contribution in [3.63, 3.8) is 0 Å². The molecule has 7 heteroatoms. The number of amides is 1. The molecule has 0 aromatic heterocycles. The van der Waals surface area contributed by atoms with Crippen LogP contribution in [0.3, 0.4) is 0 Å². The van der Waals surface area contributed by atoms with Crippen LogP contribution in [0.4, 0.5) is 10.5 Å². The number of anilines is 1. The number of carbonyl (C=O) groups excluding carboxylic acids is 1. The number of rotatable bonds is 7. The summed E-state index contributed by atoms with van der Waals surface area (Å²) in [4.78, 5) is 12.5. The lowest BCUT2D eigenvalue weighted by Crippen LogP contribution is -2.29. The van der Waals surface area contributed by atoms with Crippen molar-refractivity contribution < 1.29 is 24.5 Å². The molecule has 2 aromatic carbocycles. The highest BCUT2D eigenvalue weighted by Gasteiger charge is 2.34. The minimum Gasteiger partial charge on any atom is -0.504 e. The van der Waals surface area contributed by atoms with Crippen LogP contribution in [-0.2, 0) is 4.74 Å². The number of phenolic OH excluding ortho intramolecular Hbond substituents is 1. The lowest BCUT2D eigenvalue weighted by Gasteiger charge is -2.34. The van der Waals surface area contributed by atoms with Gasteiger partial charge in [0, 0.05) is 17.7 Å². The van der Waals surface area contributed by atoms with E-state index < -0.39 is 17.6 Å². The molecular weight excluding hydrogens is 360 g/mol. The number of nitriles is 1. The van der Waals surface area contributed by atoms with Gasteiger partial charge in [0.15, 0.2) is 11.5 Å². The van der Waals surface area contributed by atoms with Crippen molar-refractivity contribution in [2.75, 3.05) is 19.0 Å². The summed E-state index contributed by atoms with van der Waals surface area (Å²) in [5, 5.41) is 31.0. The van der Waals surface area contributed by atoms with E-state index in [1.807, 2.05) is 19.9 Å². The fourth-order valence-corrected chi connectivity index (χ4v) is 2.85. The molecule has 28 heavy (non-hydrogen) atoms. The Hall–Kier alpha value is -3.24. The van der Waals surface area contributed by atoms with E-state index in [-0.39, 0.29) is 12.4 Å². The van der Waals surface area contributed by atoms with Crippen LogP contribution in [0.2, 0.25) is 0 Å². The zero-order chi connectivity index (χ0) is 20.7. The molecule has 0 heterocycles. The Bertz CT molecular complexity index is 856. The summed E-state index contributed by atoms with van der Waals surface area (Å²) in [5.41, 5.74) is 0.944. The van der Waals surface area contributed by atoms with E-state index in [0.29, 0.717) is 29.0 Å². The average Bonchev–Trinajstić information content (AvgIpc) is 2.66. The predicted molar refractivity (Wildman–Crippen MR) is 104 cm³/mol. The smallest absolute Gasteiger partial charge is 0.412 e. The van der Waals surface area contributed by atoms with Gasteiger partial charge in [0.05, 0.1) is 18.7 Å². The average molecular weight is 384 g/mol. The van der Waals surface area contributed by atoms with Crippen LogP contribution >= 0.6 is 0 Å². The predicted octanol–water partition coefficient (Wildman–Crippen LogP) is 3.97. The number of hydrogen-bond donors (Lipinski definition) is 3. The van der Waals surface area contributed by atoms with E-state index in [1.54, 1.807) is 36.4 Å². The first-order valence-corrected chi connectivity index (χ1v) is 8.76. The monoisotopic (exact) mass is 384 g/mol.